The van der Waals surface area contributed by atoms with E-state index in [1.807, 2.05) is 12.1 Å². The number of carbonyl (C=O) groups excluding carboxylic acids is 1. The molecular weight excluding hydrogens is 254 g/mol. The van der Waals surface area contributed by atoms with E-state index >= 15 is 0 Å². The molecule has 0 atom stereocenters. The number of hydrogen-bond acceptors (Lipinski definition) is 4. The SMILES string of the molecule is COC(=O)c1cccc2c1CCN2CC1CCOCC1. The van der Waals surface area contributed by atoms with Crippen LogP contribution in [0.15, 0.2) is 18.2 Å². The predicted octanol–water partition coefficient (Wildman–Crippen LogP) is 2.26. The third-order valence-corrected chi connectivity index (χ3v) is 4.35. The van der Waals surface area contributed by atoms with E-state index in [1.165, 1.54) is 12.8 Å². The van der Waals surface area contributed by atoms with Gasteiger partial charge in [0, 0.05) is 32.0 Å². The maximum absolute atomic E-state index is 11.8. The summed E-state index contributed by atoms with van der Waals surface area (Å²) in [6.45, 7) is 3.84. The first-order chi connectivity index (χ1) is 9.79. The maximum Gasteiger partial charge on any atom is 0.338 e. The molecule has 2 heterocycles. The molecule has 1 saturated heterocycles. The second-order valence-electron chi connectivity index (χ2n) is 5.55. The Morgan fingerprint density at radius 1 is 1.40 bits per heavy atom. The lowest BCUT2D eigenvalue weighted by Gasteiger charge is -2.28. The third-order valence-electron chi connectivity index (χ3n) is 4.35. The van der Waals surface area contributed by atoms with Crippen molar-refractivity contribution in [2.75, 3.05) is 38.3 Å². The van der Waals surface area contributed by atoms with Crippen LogP contribution in [-0.4, -0.2) is 39.4 Å². The van der Waals surface area contributed by atoms with Crippen molar-refractivity contribution in [3.05, 3.63) is 29.3 Å². The van der Waals surface area contributed by atoms with E-state index in [0.717, 1.165) is 56.7 Å². The highest BCUT2D eigenvalue weighted by atomic mass is 16.5. The van der Waals surface area contributed by atoms with Gasteiger partial charge in [-0.1, -0.05) is 6.07 Å². The molecule has 0 aliphatic carbocycles. The molecule has 3 rings (SSSR count). The van der Waals surface area contributed by atoms with Gasteiger partial charge in [-0.25, -0.2) is 4.79 Å². The number of methoxy groups -OCH3 is 1. The van der Waals surface area contributed by atoms with Gasteiger partial charge >= 0.3 is 5.97 Å². The van der Waals surface area contributed by atoms with Crippen LogP contribution in [0.25, 0.3) is 0 Å². The van der Waals surface area contributed by atoms with Gasteiger partial charge in [-0.2, -0.15) is 0 Å². The molecule has 0 amide bonds. The summed E-state index contributed by atoms with van der Waals surface area (Å²) >= 11 is 0. The van der Waals surface area contributed by atoms with E-state index in [4.69, 9.17) is 9.47 Å². The number of esters is 1. The average Bonchev–Trinajstić information content (AvgIpc) is 2.91. The van der Waals surface area contributed by atoms with Crippen molar-refractivity contribution in [3.63, 3.8) is 0 Å². The van der Waals surface area contributed by atoms with E-state index in [-0.39, 0.29) is 5.97 Å². The molecule has 0 aromatic heterocycles. The number of ether oxygens (including phenoxy) is 2. The average molecular weight is 275 g/mol. The predicted molar refractivity (Wildman–Crippen MR) is 77.2 cm³/mol. The molecule has 108 valence electrons. The van der Waals surface area contributed by atoms with Crippen molar-refractivity contribution in [3.8, 4) is 0 Å². The van der Waals surface area contributed by atoms with E-state index in [9.17, 15) is 4.79 Å². The Morgan fingerprint density at radius 2 is 2.20 bits per heavy atom. The van der Waals surface area contributed by atoms with Crippen LogP contribution in [0.5, 0.6) is 0 Å². The largest absolute Gasteiger partial charge is 0.465 e. The fourth-order valence-corrected chi connectivity index (χ4v) is 3.23. The van der Waals surface area contributed by atoms with E-state index in [2.05, 4.69) is 11.0 Å². The summed E-state index contributed by atoms with van der Waals surface area (Å²) in [4.78, 5) is 14.2. The van der Waals surface area contributed by atoms with Gasteiger partial charge in [0.1, 0.15) is 0 Å². The Kier molecular flexibility index (Phi) is 3.92. The highest BCUT2D eigenvalue weighted by molar-refractivity contribution is 5.93. The molecule has 0 N–H and O–H groups in total. The first kappa shape index (κ1) is 13.4. The van der Waals surface area contributed by atoms with Crippen molar-refractivity contribution in [1.82, 2.24) is 0 Å². The first-order valence-corrected chi connectivity index (χ1v) is 7.32. The standard InChI is InChI=1S/C16H21NO3/c1-19-16(18)14-3-2-4-15-13(14)5-8-17(15)11-12-6-9-20-10-7-12/h2-4,12H,5-11H2,1H3. The van der Waals surface area contributed by atoms with Crippen molar-refractivity contribution in [2.45, 2.75) is 19.3 Å². The zero-order chi connectivity index (χ0) is 13.9. The van der Waals surface area contributed by atoms with Crippen molar-refractivity contribution < 1.29 is 14.3 Å². The quantitative estimate of drug-likeness (QED) is 0.793. The minimum Gasteiger partial charge on any atom is -0.465 e. The lowest BCUT2D eigenvalue weighted by atomic mass is 9.99. The molecule has 4 heteroatoms. The van der Waals surface area contributed by atoms with E-state index < -0.39 is 0 Å². The number of benzene rings is 1. The molecule has 20 heavy (non-hydrogen) atoms. The smallest absolute Gasteiger partial charge is 0.338 e. The molecule has 4 nitrogen and oxygen atoms in total. The second kappa shape index (κ2) is 5.83. The van der Waals surface area contributed by atoms with Gasteiger partial charge in [0.05, 0.1) is 12.7 Å². The summed E-state index contributed by atoms with van der Waals surface area (Å²) in [6.07, 6.45) is 3.22. The molecule has 1 aromatic rings. The van der Waals surface area contributed by atoms with Crippen molar-refractivity contribution in [1.29, 1.82) is 0 Å². The van der Waals surface area contributed by atoms with Gasteiger partial charge in [-0.3, -0.25) is 0 Å². The maximum atomic E-state index is 11.8. The second-order valence-corrected chi connectivity index (χ2v) is 5.55. The van der Waals surface area contributed by atoms with Crippen LogP contribution in [0.3, 0.4) is 0 Å². The Hall–Kier alpha value is -1.55. The molecule has 0 bridgehead atoms. The molecule has 1 aromatic carbocycles. The zero-order valence-corrected chi connectivity index (χ0v) is 11.9. The lowest BCUT2D eigenvalue weighted by Crippen LogP contribution is -2.31. The fourth-order valence-electron chi connectivity index (χ4n) is 3.23. The summed E-state index contributed by atoms with van der Waals surface area (Å²) in [7, 11) is 1.44. The first-order valence-electron chi connectivity index (χ1n) is 7.32. The molecule has 0 spiro atoms. The molecule has 0 radical (unpaired) electrons. The Morgan fingerprint density at radius 3 is 2.95 bits per heavy atom. The van der Waals surface area contributed by atoms with Crippen LogP contribution in [-0.2, 0) is 15.9 Å². The van der Waals surface area contributed by atoms with Crippen molar-refractivity contribution >= 4 is 11.7 Å². The van der Waals surface area contributed by atoms with Gasteiger partial charge in [0.2, 0.25) is 0 Å². The molecule has 2 aliphatic rings. The zero-order valence-electron chi connectivity index (χ0n) is 11.9. The monoisotopic (exact) mass is 275 g/mol. The van der Waals surface area contributed by atoms with Crippen LogP contribution in [0.1, 0.15) is 28.8 Å². The summed E-state index contributed by atoms with van der Waals surface area (Å²) in [5.74, 6) is 0.478. The summed E-state index contributed by atoms with van der Waals surface area (Å²) < 4.78 is 10.3. The summed E-state index contributed by atoms with van der Waals surface area (Å²) in [6, 6.07) is 5.93. The van der Waals surface area contributed by atoms with Gasteiger partial charge in [0.15, 0.2) is 0 Å². The van der Waals surface area contributed by atoms with Gasteiger partial charge in [-0.05, 0) is 42.9 Å². The summed E-state index contributed by atoms with van der Waals surface area (Å²) in [5.41, 5.74) is 3.07. The molecule has 2 aliphatic heterocycles. The highest BCUT2D eigenvalue weighted by Crippen LogP contribution is 2.32. The molecule has 0 unspecified atom stereocenters. The fraction of sp³-hybridized carbons (Fsp3) is 0.562. The summed E-state index contributed by atoms with van der Waals surface area (Å²) in [5, 5.41) is 0. The van der Waals surface area contributed by atoms with Crippen LogP contribution >= 0.6 is 0 Å². The number of fused-ring (bicyclic) bond motifs is 1. The number of hydrogen-bond donors (Lipinski definition) is 0. The minimum absolute atomic E-state index is 0.227. The number of carbonyl (C=O) groups is 1. The molecule has 1 fully saturated rings. The number of anilines is 1. The Labute approximate surface area is 119 Å². The molecule has 0 saturated carbocycles. The lowest BCUT2D eigenvalue weighted by molar-refractivity contribution is 0.0599. The Bertz CT molecular complexity index is 494. The van der Waals surface area contributed by atoms with E-state index in [0.29, 0.717) is 5.92 Å². The highest BCUT2D eigenvalue weighted by Gasteiger charge is 2.26. The van der Waals surface area contributed by atoms with Crippen molar-refractivity contribution in [2.24, 2.45) is 5.92 Å². The van der Waals surface area contributed by atoms with Gasteiger partial charge in [0.25, 0.3) is 0 Å². The number of rotatable bonds is 3. The Balaban J connectivity index is 1.78. The van der Waals surface area contributed by atoms with Crippen LogP contribution in [0.2, 0.25) is 0 Å². The van der Waals surface area contributed by atoms with Gasteiger partial charge in [-0.15, -0.1) is 0 Å². The minimum atomic E-state index is -0.227. The van der Waals surface area contributed by atoms with Crippen LogP contribution in [0, 0.1) is 5.92 Å². The number of nitrogens with zero attached hydrogens (tertiary/aromatic N) is 1. The van der Waals surface area contributed by atoms with Crippen LogP contribution < -0.4 is 4.90 Å². The van der Waals surface area contributed by atoms with Gasteiger partial charge < -0.3 is 14.4 Å². The normalized spacial score (nSPS) is 18.9. The van der Waals surface area contributed by atoms with Crippen LogP contribution in [0.4, 0.5) is 5.69 Å². The van der Waals surface area contributed by atoms with E-state index in [1.54, 1.807) is 0 Å². The third kappa shape index (κ3) is 2.52. The molecular formula is C16H21NO3. The topological polar surface area (TPSA) is 38.8 Å².